The fourth-order valence-corrected chi connectivity index (χ4v) is 2.04. The Labute approximate surface area is 96.0 Å². The lowest BCUT2D eigenvalue weighted by molar-refractivity contribution is 0.356. The van der Waals surface area contributed by atoms with Crippen molar-refractivity contribution in [3.8, 4) is 0 Å². The van der Waals surface area contributed by atoms with Gasteiger partial charge in [-0.1, -0.05) is 5.16 Å². The van der Waals surface area contributed by atoms with E-state index in [2.05, 4.69) is 20.8 Å². The van der Waals surface area contributed by atoms with Gasteiger partial charge in [-0.05, 0) is 38.4 Å². The molecule has 0 amide bonds. The number of rotatable bonds is 5. The number of nitrogens with one attached hydrogen (secondary N) is 2. The standard InChI is InChI=1S/C11H20N4O/c1-9-14-11(15-16-9)4-7-13-8-10-2-5-12-6-3-10/h10,12-13H,2-8H2,1H3. The molecule has 1 aliphatic rings. The first-order valence-corrected chi connectivity index (χ1v) is 6.05. The van der Waals surface area contributed by atoms with E-state index in [0.29, 0.717) is 5.89 Å². The van der Waals surface area contributed by atoms with Crippen LogP contribution in [-0.4, -0.2) is 36.3 Å². The van der Waals surface area contributed by atoms with Crippen LogP contribution in [0.5, 0.6) is 0 Å². The molecule has 0 aromatic carbocycles. The summed E-state index contributed by atoms with van der Waals surface area (Å²) < 4.78 is 4.91. The maximum atomic E-state index is 4.91. The smallest absolute Gasteiger partial charge is 0.223 e. The van der Waals surface area contributed by atoms with Crippen molar-refractivity contribution in [1.82, 2.24) is 20.8 Å². The molecule has 2 N–H and O–H groups in total. The molecule has 2 rings (SSSR count). The predicted molar refractivity (Wildman–Crippen MR) is 61.2 cm³/mol. The Balaban J connectivity index is 1.57. The topological polar surface area (TPSA) is 63.0 Å². The van der Waals surface area contributed by atoms with Crippen molar-refractivity contribution in [2.45, 2.75) is 26.2 Å². The second-order valence-corrected chi connectivity index (χ2v) is 4.38. The van der Waals surface area contributed by atoms with Gasteiger partial charge in [-0.3, -0.25) is 0 Å². The van der Waals surface area contributed by atoms with Gasteiger partial charge in [0, 0.05) is 19.9 Å². The summed E-state index contributed by atoms with van der Waals surface area (Å²) in [5.41, 5.74) is 0. The molecule has 16 heavy (non-hydrogen) atoms. The van der Waals surface area contributed by atoms with Crippen molar-refractivity contribution in [3.05, 3.63) is 11.7 Å². The SMILES string of the molecule is Cc1nc(CCNCC2CCNCC2)no1. The van der Waals surface area contributed by atoms with Gasteiger partial charge in [0.1, 0.15) is 0 Å². The first kappa shape index (κ1) is 11.5. The zero-order valence-corrected chi connectivity index (χ0v) is 9.83. The molecule has 0 atom stereocenters. The molecule has 0 aliphatic carbocycles. The van der Waals surface area contributed by atoms with Gasteiger partial charge in [-0.2, -0.15) is 4.98 Å². The number of nitrogens with zero attached hydrogens (tertiary/aromatic N) is 2. The van der Waals surface area contributed by atoms with Crippen LogP contribution in [-0.2, 0) is 6.42 Å². The number of piperidine rings is 1. The Hall–Kier alpha value is -0.940. The number of hydrogen-bond donors (Lipinski definition) is 2. The molecule has 1 saturated heterocycles. The molecule has 1 aromatic rings. The zero-order chi connectivity index (χ0) is 11.2. The minimum atomic E-state index is 0.647. The molecule has 1 aliphatic heterocycles. The Morgan fingerprint density at radius 2 is 2.25 bits per heavy atom. The first-order valence-electron chi connectivity index (χ1n) is 6.05. The summed E-state index contributed by atoms with van der Waals surface area (Å²) in [7, 11) is 0. The van der Waals surface area contributed by atoms with E-state index in [4.69, 9.17) is 4.52 Å². The average Bonchev–Trinajstić information content (AvgIpc) is 2.72. The van der Waals surface area contributed by atoms with Gasteiger partial charge >= 0.3 is 0 Å². The number of hydrogen-bond acceptors (Lipinski definition) is 5. The molecule has 5 heteroatoms. The molecule has 1 aromatic heterocycles. The second-order valence-electron chi connectivity index (χ2n) is 4.38. The van der Waals surface area contributed by atoms with Crippen LogP contribution in [0.15, 0.2) is 4.52 Å². The van der Waals surface area contributed by atoms with Crippen LogP contribution in [0, 0.1) is 12.8 Å². The predicted octanol–water partition coefficient (Wildman–Crippen LogP) is 0.510. The third kappa shape index (κ3) is 3.57. The van der Waals surface area contributed by atoms with Gasteiger partial charge in [0.05, 0.1) is 0 Å². The maximum absolute atomic E-state index is 4.91. The van der Waals surface area contributed by atoms with Gasteiger partial charge < -0.3 is 15.2 Å². The molecular weight excluding hydrogens is 204 g/mol. The monoisotopic (exact) mass is 224 g/mol. The quantitative estimate of drug-likeness (QED) is 0.714. The minimum absolute atomic E-state index is 0.647. The van der Waals surface area contributed by atoms with Crippen LogP contribution in [0.2, 0.25) is 0 Å². The largest absolute Gasteiger partial charge is 0.340 e. The van der Waals surface area contributed by atoms with Crippen LogP contribution < -0.4 is 10.6 Å². The summed E-state index contributed by atoms with van der Waals surface area (Å²) in [6.45, 7) is 6.19. The zero-order valence-electron chi connectivity index (χ0n) is 9.83. The molecule has 0 spiro atoms. The summed E-state index contributed by atoms with van der Waals surface area (Å²) in [5.74, 6) is 2.27. The molecule has 0 unspecified atom stereocenters. The third-order valence-corrected chi connectivity index (χ3v) is 2.99. The summed E-state index contributed by atoms with van der Waals surface area (Å²) in [6.07, 6.45) is 3.42. The van der Waals surface area contributed by atoms with Crippen LogP contribution in [0.25, 0.3) is 0 Å². The van der Waals surface area contributed by atoms with Crippen molar-refractivity contribution < 1.29 is 4.52 Å². The van der Waals surface area contributed by atoms with Crippen molar-refractivity contribution in [3.63, 3.8) is 0 Å². The van der Waals surface area contributed by atoms with E-state index in [1.54, 1.807) is 0 Å². The van der Waals surface area contributed by atoms with Crippen molar-refractivity contribution >= 4 is 0 Å². The molecule has 0 saturated carbocycles. The van der Waals surface area contributed by atoms with E-state index in [-0.39, 0.29) is 0 Å². The van der Waals surface area contributed by atoms with Gasteiger partial charge in [0.2, 0.25) is 5.89 Å². The third-order valence-electron chi connectivity index (χ3n) is 2.99. The van der Waals surface area contributed by atoms with E-state index in [0.717, 1.165) is 44.3 Å². The second kappa shape index (κ2) is 5.96. The van der Waals surface area contributed by atoms with Gasteiger partial charge in [-0.25, -0.2) is 0 Å². The average molecular weight is 224 g/mol. The maximum Gasteiger partial charge on any atom is 0.223 e. The van der Waals surface area contributed by atoms with Crippen LogP contribution in [0.4, 0.5) is 0 Å². The Bertz CT molecular complexity index is 307. The van der Waals surface area contributed by atoms with Gasteiger partial charge in [-0.15, -0.1) is 0 Å². The van der Waals surface area contributed by atoms with Crippen LogP contribution in [0.1, 0.15) is 24.6 Å². The minimum Gasteiger partial charge on any atom is -0.340 e. The number of aromatic nitrogens is 2. The van der Waals surface area contributed by atoms with E-state index in [1.165, 1.54) is 12.8 Å². The molecule has 1 fully saturated rings. The van der Waals surface area contributed by atoms with Crippen molar-refractivity contribution in [2.75, 3.05) is 26.2 Å². The molecule has 90 valence electrons. The van der Waals surface area contributed by atoms with Crippen LogP contribution in [0.3, 0.4) is 0 Å². The Morgan fingerprint density at radius 1 is 1.44 bits per heavy atom. The van der Waals surface area contributed by atoms with Crippen LogP contribution >= 0.6 is 0 Å². The number of aryl methyl sites for hydroxylation is 1. The van der Waals surface area contributed by atoms with Gasteiger partial charge in [0.25, 0.3) is 0 Å². The Morgan fingerprint density at radius 3 is 2.94 bits per heavy atom. The van der Waals surface area contributed by atoms with E-state index < -0.39 is 0 Å². The van der Waals surface area contributed by atoms with E-state index in [9.17, 15) is 0 Å². The highest BCUT2D eigenvalue weighted by molar-refractivity contribution is 4.84. The van der Waals surface area contributed by atoms with E-state index >= 15 is 0 Å². The van der Waals surface area contributed by atoms with Crippen molar-refractivity contribution in [2.24, 2.45) is 5.92 Å². The highest BCUT2D eigenvalue weighted by Gasteiger charge is 2.12. The summed E-state index contributed by atoms with van der Waals surface area (Å²) in [6, 6.07) is 0. The fourth-order valence-electron chi connectivity index (χ4n) is 2.04. The van der Waals surface area contributed by atoms with Gasteiger partial charge in [0.15, 0.2) is 5.82 Å². The highest BCUT2D eigenvalue weighted by Crippen LogP contribution is 2.09. The highest BCUT2D eigenvalue weighted by atomic mass is 16.5. The first-order chi connectivity index (χ1) is 7.84. The lowest BCUT2D eigenvalue weighted by Gasteiger charge is -2.22. The summed E-state index contributed by atoms with van der Waals surface area (Å²) >= 11 is 0. The summed E-state index contributed by atoms with van der Waals surface area (Å²) in [4.78, 5) is 4.17. The lowest BCUT2D eigenvalue weighted by atomic mass is 9.98. The summed E-state index contributed by atoms with van der Waals surface area (Å²) in [5, 5.41) is 10.7. The normalized spacial score (nSPS) is 17.8. The Kier molecular flexibility index (Phi) is 4.30. The molecule has 2 heterocycles. The molecule has 5 nitrogen and oxygen atoms in total. The van der Waals surface area contributed by atoms with E-state index in [1.807, 2.05) is 6.92 Å². The van der Waals surface area contributed by atoms with Crippen molar-refractivity contribution in [1.29, 1.82) is 0 Å². The molecule has 0 bridgehead atoms. The fraction of sp³-hybridized carbons (Fsp3) is 0.818. The molecular formula is C11H20N4O. The molecule has 0 radical (unpaired) electrons. The lowest BCUT2D eigenvalue weighted by Crippen LogP contribution is -2.34.